The van der Waals surface area contributed by atoms with E-state index in [0.717, 1.165) is 51.4 Å². The van der Waals surface area contributed by atoms with Gasteiger partial charge in [0, 0.05) is 51.2 Å². The molecule has 1 aromatic rings. The number of fused-ring (bicyclic) bond motifs is 1. The number of amides is 2. The summed E-state index contributed by atoms with van der Waals surface area (Å²) in [6.07, 6.45) is 3.22. The lowest BCUT2D eigenvalue weighted by molar-refractivity contribution is -0.136. The number of hydrogen-bond donors (Lipinski definition) is 1. The summed E-state index contributed by atoms with van der Waals surface area (Å²) in [6.45, 7) is 5.94. The van der Waals surface area contributed by atoms with Crippen LogP contribution in [-0.2, 0) is 16.0 Å². The van der Waals surface area contributed by atoms with E-state index in [1.165, 1.54) is 0 Å². The third kappa shape index (κ3) is 2.97. The number of aromatic amines is 1. The van der Waals surface area contributed by atoms with Crippen molar-refractivity contribution in [2.45, 2.75) is 12.8 Å². The minimum absolute atomic E-state index is 0.173. The Labute approximate surface area is 135 Å². The first-order valence-electron chi connectivity index (χ1n) is 8.45. The van der Waals surface area contributed by atoms with Crippen LogP contribution in [0.2, 0.25) is 0 Å². The third-order valence-corrected chi connectivity index (χ3v) is 5.38. The van der Waals surface area contributed by atoms with Crippen molar-refractivity contribution in [3.05, 3.63) is 18.0 Å². The van der Waals surface area contributed by atoms with E-state index in [2.05, 4.69) is 15.1 Å². The van der Waals surface area contributed by atoms with Gasteiger partial charge in [0.15, 0.2) is 0 Å². The summed E-state index contributed by atoms with van der Waals surface area (Å²) < 4.78 is 0. The molecule has 0 radical (unpaired) electrons. The number of rotatable bonds is 4. The maximum Gasteiger partial charge on any atom is 0.236 e. The summed E-state index contributed by atoms with van der Waals surface area (Å²) in [5.41, 5.74) is 0.869. The zero-order valence-electron chi connectivity index (χ0n) is 13.3. The van der Waals surface area contributed by atoms with Crippen LogP contribution in [0.3, 0.4) is 0 Å². The zero-order chi connectivity index (χ0) is 15.8. The van der Waals surface area contributed by atoms with Gasteiger partial charge in [0.05, 0.1) is 13.0 Å². The number of nitrogens with one attached hydrogen (secondary N) is 1. The SMILES string of the molecule is O=C(CN1C[C@@H]2CN(C(=O)Cc3ccn[nH]3)C[C@@H]2C1)N1CCC1. The Morgan fingerprint density at radius 1 is 1.09 bits per heavy atom. The molecule has 0 saturated carbocycles. The van der Waals surface area contributed by atoms with Gasteiger partial charge in [-0.1, -0.05) is 0 Å². The molecule has 0 aliphatic carbocycles. The van der Waals surface area contributed by atoms with Gasteiger partial charge in [-0.2, -0.15) is 5.10 Å². The van der Waals surface area contributed by atoms with Gasteiger partial charge in [0.25, 0.3) is 0 Å². The van der Waals surface area contributed by atoms with E-state index < -0.39 is 0 Å². The van der Waals surface area contributed by atoms with Gasteiger partial charge in [-0.05, 0) is 24.3 Å². The highest BCUT2D eigenvalue weighted by Crippen LogP contribution is 2.31. The van der Waals surface area contributed by atoms with Crippen molar-refractivity contribution in [1.82, 2.24) is 24.9 Å². The molecule has 7 nitrogen and oxygen atoms in total. The summed E-state index contributed by atoms with van der Waals surface area (Å²) in [5.74, 6) is 1.48. The normalized spacial score (nSPS) is 27.1. The lowest BCUT2D eigenvalue weighted by Gasteiger charge is -2.32. The number of nitrogens with zero attached hydrogens (tertiary/aromatic N) is 4. The highest BCUT2D eigenvalue weighted by Gasteiger charge is 2.42. The van der Waals surface area contributed by atoms with Gasteiger partial charge in [-0.25, -0.2) is 0 Å². The van der Waals surface area contributed by atoms with Gasteiger partial charge in [-0.3, -0.25) is 19.6 Å². The van der Waals surface area contributed by atoms with Gasteiger partial charge in [0.1, 0.15) is 0 Å². The lowest BCUT2D eigenvalue weighted by atomic mass is 10.0. The monoisotopic (exact) mass is 317 g/mol. The van der Waals surface area contributed by atoms with Crippen LogP contribution in [0.1, 0.15) is 12.1 Å². The highest BCUT2D eigenvalue weighted by molar-refractivity contribution is 5.79. The van der Waals surface area contributed by atoms with Crippen molar-refractivity contribution in [2.75, 3.05) is 45.8 Å². The second-order valence-electron chi connectivity index (χ2n) is 7.01. The van der Waals surface area contributed by atoms with E-state index in [1.54, 1.807) is 6.20 Å². The molecule has 23 heavy (non-hydrogen) atoms. The van der Waals surface area contributed by atoms with Crippen molar-refractivity contribution < 1.29 is 9.59 Å². The summed E-state index contributed by atoms with van der Waals surface area (Å²) in [6, 6.07) is 1.85. The van der Waals surface area contributed by atoms with Crippen molar-refractivity contribution in [3.63, 3.8) is 0 Å². The molecule has 3 saturated heterocycles. The fraction of sp³-hybridized carbons (Fsp3) is 0.688. The molecule has 0 unspecified atom stereocenters. The van der Waals surface area contributed by atoms with Crippen LogP contribution in [-0.4, -0.2) is 82.5 Å². The smallest absolute Gasteiger partial charge is 0.236 e. The molecule has 1 aromatic heterocycles. The van der Waals surface area contributed by atoms with E-state index in [4.69, 9.17) is 0 Å². The van der Waals surface area contributed by atoms with Crippen molar-refractivity contribution >= 4 is 11.8 Å². The van der Waals surface area contributed by atoms with Gasteiger partial charge in [0.2, 0.25) is 11.8 Å². The minimum atomic E-state index is 0.173. The molecule has 0 spiro atoms. The number of likely N-dealkylation sites (tertiary alicyclic amines) is 3. The Kier molecular flexibility index (Phi) is 3.80. The van der Waals surface area contributed by atoms with Gasteiger partial charge >= 0.3 is 0 Å². The molecule has 3 fully saturated rings. The molecular weight excluding hydrogens is 294 g/mol. The fourth-order valence-corrected chi connectivity index (χ4v) is 3.94. The van der Waals surface area contributed by atoms with Crippen molar-refractivity contribution in [1.29, 1.82) is 0 Å². The average molecular weight is 317 g/mol. The van der Waals surface area contributed by atoms with Crippen LogP contribution in [0.4, 0.5) is 0 Å². The van der Waals surface area contributed by atoms with Gasteiger partial charge in [-0.15, -0.1) is 0 Å². The highest BCUT2D eigenvalue weighted by atomic mass is 16.2. The maximum absolute atomic E-state index is 12.3. The average Bonchev–Trinajstić information content (AvgIpc) is 3.11. The molecule has 0 bridgehead atoms. The van der Waals surface area contributed by atoms with Crippen LogP contribution in [0.5, 0.6) is 0 Å². The summed E-state index contributed by atoms with van der Waals surface area (Å²) in [5, 5.41) is 6.73. The molecule has 3 aliphatic rings. The van der Waals surface area contributed by atoms with E-state index in [-0.39, 0.29) is 11.8 Å². The van der Waals surface area contributed by atoms with Crippen LogP contribution in [0.25, 0.3) is 0 Å². The topological polar surface area (TPSA) is 72.5 Å². The van der Waals surface area contributed by atoms with Crippen molar-refractivity contribution in [2.24, 2.45) is 11.8 Å². The standard InChI is InChI=1S/C16H23N5O2/c22-15(6-14-2-3-17-18-14)21-9-12-7-19(8-13(12)10-21)11-16(23)20-4-1-5-20/h2-3,12-13H,1,4-11H2,(H,17,18)/t12-,13+. The number of hydrogen-bond acceptors (Lipinski definition) is 4. The largest absolute Gasteiger partial charge is 0.342 e. The first kappa shape index (κ1) is 14.7. The van der Waals surface area contributed by atoms with Gasteiger partial charge < -0.3 is 9.80 Å². The number of H-pyrrole nitrogens is 1. The first-order valence-corrected chi connectivity index (χ1v) is 8.45. The number of aromatic nitrogens is 2. The predicted octanol–water partition coefficient (Wildman–Crippen LogP) is -0.425. The quantitative estimate of drug-likeness (QED) is 0.818. The molecule has 1 N–H and O–H groups in total. The fourth-order valence-electron chi connectivity index (χ4n) is 3.94. The second kappa shape index (κ2) is 5.96. The maximum atomic E-state index is 12.3. The predicted molar refractivity (Wildman–Crippen MR) is 83.5 cm³/mol. The Hall–Kier alpha value is -1.89. The molecule has 2 atom stereocenters. The Morgan fingerprint density at radius 2 is 1.83 bits per heavy atom. The number of carbonyl (C=O) groups is 2. The molecule has 0 aromatic carbocycles. The summed E-state index contributed by atoms with van der Waals surface area (Å²) >= 11 is 0. The Balaban J connectivity index is 1.26. The Bertz CT molecular complexity index is 569. The molecule has 124 valence electrons. The van der Waals surface area contributed by atoms with Crippen LogP contribution < -0.4 is 0 Å². The van der Waals surface area contributed by atoms with Crippen molar-refractivity contribution in [3.8, 4) is 0 Å². The van der Waals surface area contributed by atoms with Crippen LogP contribution in [0, 0.1) is 11.8 Å². The van der Waals surface area contributed by atoms with E-state index in [1.807, 2.05) is 15.9 Å². The lowest BCUT2D eigenvalue weighted by Crippen LogP contribution is -2.47. The van der Waals surface area contributed by atoms with E-state index in [0.29, 0.717) is 24.8 Å². The van der Waals surface area contributed by atoms with E-state index >= 15 is 0 Å². The van der Waals surface area contributed by atoms with Crippen LogP contribution >= 0.6 is 0 Å². The molecular formula is C16H23N5O2. The Morgan fingerprint density at radius 3 is 2.39 bits per heavy atom. The first-order chi connectivity index (χ1) is 11.2. The second-order valence-corrected chi connectivity index (χ2v) is 7.01. The molecule has 4 heterocycles. The molecule has 4 rings (SSSR count). The van der Waals surface area contributed by atoms with E-state index in [9.17, 15) is 9.59 Å². The zero-order valence-corrected chi connectivity index (χ0v) is 13.3. The molecule has 3 aliphatic heterocycles. The molecule has 2 amide bonds. The summed E-state index contributed by atoms with van der Waals surface area (Å²) in [4.78, 5) is 30.6. The summed E-state index contributed by atoms with van der Waals surface area (Å²) in [7, 11) is 0. The van der Waals surface area contributed by atoms with Crippen LogP contribution in [0.15, 0.2) is 12.3 Å². The third-order valence-electron chi connectivity index (χ3n) is 5.38. The molecule has 7 heteroatoms. The number of carbonyl (C=O) groups excluding carboxylic acids is 2. The minimum Gasteiger partial charge on any atom is -0.342 e.